The van der Waals surface area contributed by atoms with Crippen molar-refractivity contribution >= 4 is 17.9 Å². The second-order valence-electron chi connectivity index (χ2n) is 3.17. The molecular formula is C11H11ClF2O. The van der Waals surface area contributed by atoms with Gasteiger partial charge < -0.3 is 0 Å². The first-order valence-electron chi connectivity index (χ1n) is 4.61. The Labute approximate surface area is 92.1 Å². The third kappa shape index (κ3) is 3.27. The lowest BCUT2D eigenvalue weighted by Crippen LogP contribution is -1.96. The molecule has 1 aromatic carbocycles. The minimum absolute atomic E-state index is 0.119. The van der Waals surface area contributed by atoms with Crippen molar-refractivity contribution in [3.8, 4) is 0 Å². The maximum Gasteiger partial charge on any atom is 0.263 e. The van der Waals surface area contributed by atoms with E-state index in [1.54, 1.807) is 6.07 Å². The average molecular weight is 233 g/mol. The van der Waals surface area contributed by atoms with Crippen molar-refractivity contribution in [3.05, 3.63) is 34.9 Å². The van der Waals surface area contributed by atoms with Crippen LogP contribution < -0.4 is 0 Å². The first-order chi connectivity index (χ1) is 7.19. The van der Waals surface area contributed by atoms with Crippen LogP contribution in [0.2, 0.25) is 0 Å². The van der Waals surface area contributed by atoms with Crippen LogP contribution in [0.4, 0.5) is 8.78 Å². The molecule has 1 nitrogen and oxygen atoms in total. The molecule has 0 radical (unpaired) electrons. The topological polar surface area (TPSA) is 17.1 Å². The monoisotopic (exact) mass is 232 g/mol. The normalized spacial score (nSPS) is 10.7. The van der Waals surface area contributed by atoms with Gasteiger partial charge in [0.05, 0.1) is 0 Å². The fourth-order valence-electron chi connectivity index (χ4n) is 1.34. The van der Waals surface area contributed by atoms with Gasteiger partial charge in [0.1, 0.15) is 6.29 Å². The highest BCUT2D eigenvalue weighted by molar-refractivity contribution is 6.17. The van der Waals surface area contributed by atoms with Gasteiger partial charge in [0.25, 0.3) is 6.43 Å². The summed E-state index contributed by atoms with van der Waals surface area (Å²) in [7, 11) is 0. The molecule has 0 aliphatic carbocycles. The summed E-state index contributed by atoms with van der Waals surface area (Å²) in [6.45, 7) is 0. The van der Waals surface area contributed by atoms with Gasteiger partial charge >= 0.3 is 0 Å². The minimum Gasteiger partial charge on any atom is -0.298 e. The van der Waals surface area contributed by atoms with Crippen molar-refractivity contribution in [2.45, 2.75) is 19.3 Å². The van der Waals surface area contributed by atoms with Gasteiger partial charge in [-0.05, 0) is 24.5 Å². The van der Waals surface area contributed by atoms with Gasteiger partial charge in [-0.3, -0.25) is 4.79 Å². The highest BCUT2D eigenvalue weighted by atomic mass is 35.5. The Morgan fingerprint density at radius 3 is 2.67 bits per heavy atom. The third-order valence-corrected chi connectivity index (χ3v) is 2.40. The Hall–Kier alpha value is -0.960. The molecule has 0 saturated heterocycles. The molecule has 4 heteroatoms. The molecule has 1 aromatic rings. The van der Waals surface area contributed by atoms with Crippen LogP contribution >= 0.6 is 11.6 Å². The lowest BCUT2D eigenvalue weighted by Gasteiger charge is -2.06. The summed E-state index contributed by atoms with van der Waals surface area (Å²) in [5.74, 6) is 0.495. The summed E-state index contributed by atoms with van der Waals surface area (Å²) in [5, 5.41) is 0. The lowest BCUT2D eigenvalue weighted by molar-refractivity contribution is 0.112. The van der Waals surface area contributed by atoms with Crippen LogP contribution in [0.3, 0.4) is 0 Å². The van der Waals surface area contributed by atoms with E-state index in [1.807, 2.05) is 0 Å². The van der Waals surface area contributed by atoms with E-state index in [1.165, 1.54) is 12.1 Å². The van der Waals surface area contributed by atoms with E-state index in [4.69, 9.17) is 11.6 Å². The van der Waals surface area contributed by atoms with Crippen LogP contribution in [-0.2, 0) is 6.42 Å². The Morgan fingerprint density at radius 1 is 1.40 bits per heavy atom. The molecule has 0 heterocycles. The molecule has 0 spiro atoms. The number of hydrogen-bond acceptors (Lipinski definition) is 1. The van der Waals surface area contributed by atoms with Crippen LogP contribution in [0.1, 0.15) is 34.3 Å². The number of alkyl halides is 3. The molecule has 0 N–H and O–H groups in total. The number of halogens is 3. The van der Waals surface area contributed by atoms with Gasteiger partial charge in [-0.2, -0.15) is 0 Å². The van der Waals surface area contributed by atoms with Crippen molar-refractivity contribution in [1.29, 1.82) is 0 Å². The first-order valence-corrected chi connectivity index (χ1v) is 5.14. The molecule has 1 rings (SSSR count). The summed E-state index contributed by atoms with van der Waals surface area (Å²) in [6.07, 6.45) is -0.557. The van der Waals surface area contributed by atoms with Crippen LogP contribution in [0, 0.1) is 0 Å². The number of benzene rings is 1. The number of carbonyl (C=O) groups is 1. The SMILES string of the molecule is O=Cc1cc(C(F)F)ccc1CCCCl. The van der Waals surface area contributed by atoms with Crippen LogP contribution in [0.5, 0.6) is 0 Å². The van der Waals surface area contributed by atoms with Crippen molar-refractivity contribution < 1.29 is 13.6 Å². The molecule has 0 bridgehead atoms. The molecule has 0 fully saturated rings. The zero-order valence-electron chi connectivity index (χ0n) is 8.05. The van der Waals surface area contributed by atoms with E-state index >= 15 is 0 Å². The summed E-state index contributed by atoms with van der Waals surface area (Å²) in [4.78, 5) is 10.7. The van der Waals surface area contributed by atoms with Crippen LogP contribution in [-0.4, -0.2) is 12.2 Å². The Morgan fingerprint density at radius 2 is 2.13 bits per heavy atom. The molecule has 0 aromatic heterocycles. The van der Waals surface area contributed by atoms with Gasteiger partial charge in [0.15, 0.2) is 0 Å². The van der Waals surface area contributed by atoms with Gasteiger partial charge in [0.2, 0.25) is 0 Å². The van der Waals surface area contributed by atoms with E-state index in [2.05, 4.69) is 0 Å². The summed E-state index contributed by atoms with van der Waals surface area (Å²) >= 11 is 5.52. The molecular weight excluding hydrogens is 222 g/mol. The number of aryl methyl sites for hydroxylation is 1. The van der Waals surface area contributed by atoms with E-state index < -0.39 is 6.43 Å². The Balaban J connectivity index is 2.93. The van der Waals surface area contributed by atoms with Gasteiger partial charge in [-0.1, -0.05) is 12.1 Å². The molecule has 0 amide bonds. The van der Waals surface area contributed by atoms with Crippen molar-refractivity contribution in [2.75, 3.05) is 5.88 Å². The zero-order valence-corrected chi connectivity index (χ0v) is 8.81. The molecule has 0 saturated carbocycles. The second kappa shape index (κ2) is 5.81. The van der Waals surface area contributed by atoms with Crippen LogP contribution in [0.25, 0.3) is 0 Å². The maximum absolute atomic E-state index is 12.3. The average Bonchev–Trinajstić information content (AvgIpc) is 2.25. The molecule has 0 aliphatic rings. The molecule has 0 atom stereocenters. The van der Waals surface area contributed by atoms with E-state index in [0.29, 0.717) is 24.2 Å². The van der Waals surface area contributed by atoms with E-state index in [0.717, 1.165) is 12.0 Å². The Bertz CT molecular complexity index is 339. The third-order valence-electron chi connectivity index (χ3n) is 2.13. The molecule has 82 valence electrons. The lowest BCUT2D eigenvalue weighted by atomic mass is 10.0. The van der Waals surface area contributed by atoms with Crippen molar-refractivity contribution in [1.82, 2.24) is 0 Å². The van der Waals surface area contributed by atoms with Gasteiger partial charge in [0, 0.05) is 17.0 Å². The quantitative estimate of drug-likeness (QED) is 0.560. The Kier molecular flexibility index (Phi) is 4.69. The fraction of sp³-hybridized carbons (Fsp3) is 0.364. The number of aldehydes is 1. The predicted molar refractivity (Wildman–Crippen MR) is 55.8 cm³/mol. The highest BCUT2D eigenvalue weighted by Gasteiger charge is 2.09. The summed E-state index contributed by atoms with van der Waals surface area (Å²) < 4.78 is 24.7. The van der Waals surface area contributed by atoms with E-state index in [-0.39, 0.29) is 5.56 Å². The van der Waals surface area contributed by atoms with Crippen molar-refractivity contribution in [3.63, 3.8) is 0 Å². The molecule has 15 heavy (non-hydrogen) atoms. The summed E-state index contributed by atoms with van der Waals surface area (Å²) in [5.41, 5.74) is 0.986. The van der Waals surface area contributed by atoms with Gasteiger partial charge in [-0.15, -0.1) is 11.6 Å². The number of hydrogen-bond donors (Lipinski definition) is 0. The van der Waals surface area contributed by atoms with Gasteiger partial charge in [-0.25, -0.2) is 8.78 Å². The van der Waals surface area contributed by atoms with E-state index in [9.17, 15) is 13.6 Å². The first kappa shape index (κ1) is 12.1. The highest BCUT2D eigenvalue weighted by Crippen LogP contribution is 2.21. The second-order valence-corrected chi connectivity index (χ2v) is 3.55. The molecule has 0 unspecified atom stereocenters. The smallest absolute Gasteiger partial charge is 0.263 e. The van der Waals surface area contributed by atoms with Crippen LogP contribution in [0.15, 0.2) is 18.2 Å². The predicted octanol–water partition coefficient (Wildman–Crippen LogP) is 3.61. The van der Waals surface area contributed by atoms with Crippen molar-refractivity contribution in [2.24, 2.45) is 0 Å². The number of carbonyl (C=O) groups excluding carboxylic acids is 1. The zero-order chi connectivity index (χ0) is 11.3. The standard InChI is InChI=1S/C11H11ClF2O/c12-5-1-2-8-3-4-9(11(13)14)6-10(8)7-15/h3-4,6-7,11H,1-2,5H2. The number of rotatable bonds is 5. The maximum atomic E-state index is 12.3. The minimum atomic E-state index is -2.54. The largest absolute Gasteiger partial charge is 0.298 e. The fourth-order valence-corrected chi connectivity index (χ4v) is 1.48. The molecule has 0 aliphatic heterocycles. The summed E-state index contributed by atoms with van der Waals surface area (Å²) in [6, 6.07) is 4.15.